The van der Waals surface area contributed by atoms with Crippen LogP contribution in [-0.2, 0) is 0 Å². The maximum atomic E-state index is 12.0. The predicted molar refractivity (Wildman–Crippen MR) is 77.9 cm³/mol. The minimum Gasteiger partial charge on any atom is -0.398 e. The van der Waals surface area contributed by atoms with Crippen molar-refractivity contribution in [1.82, 2.24) is 4.98 Å². The summed E-state index contributed by atoms with van der Waals surface area (Å²) in [5.74, 6) is 0.369. The van der Waals surface area contributed by atoms with Crippen molar-refractivity contribution in [3.8, 4) is 0 Å². The van der Waals surface area contributed by atoms with Crippen LogP contribution < -0.4 is 11.1 Å². The molecule has 0 atom stereocenters. The van der Waals surface area contributed by atoms with Crippen LogP contribution in [0.3, 0.4) is 0 Å². The molecular formula is C13H12ClN3OS. The Balaban J connectivity index is 1.74. The SMILES string of the molecule is Nc1cc(C(=O)Nc2nc(C3CC3)cs2)ccc1Cl. The van der Waals surface area contributed by atoms with Crippen LogP contribution in [0.4, 0.5) is 10.8 Å². The number of nitrogen functional groups attached to an aromatic ring is 1. The molecule has 1 aromatic carbocycles. The highest BCUT2D eigenvalue weighted by Gasteiger charge is 2.26. The number of aromatic nitrogens is 1. The highest BCUT2D eigenvalue weighted by molar-refractivity contribution is 7.14. The summed E-state index contributed by atoms with van der Waals surface area (Å²) >= 11 is 7.27. The van der Waals surface area contributed by atoms with Crippen LogP contribution in [0, 0.1) is 0 Å². The van der Waals surface area contributed by atoms with Gasteiger partial charge in [-0.15, -0.1) is 11.3 Å². The molecule has 1 amide bonds. The molecule has 3 N–H and O–H groups in total. The first-order chi connectivity index (χ1) is 9.13. The van der Waals surface area contributed by atoms with Gasteiger partial charge in [0.2, 0.25) is 0 Å². The minimum atomic E-state index is -0.222. The van der Waals surface area contributed by atoms with Crippen molar-refractivity contribution in [2.24, 2.45) is 0 Å². The molecular weight excluding hydrogens is 282 g/mol. The number of halogens is 1. The van der Waals surface area contributed by atoms with E-state index >= 15 is 0 Å². The summed E-state index contributed by atoms with van der Waals surface area (Å²) < 4.78 is 0. The van der Waals surface area contributed by atoms with E-state index in [4.69, 9.17) is 17.3 Å². The Kier molecular flexibility index (Phi) is 3.16. The van der Waals surface area contributed by atoms with Crippen LogP contribution in [0.25, 0.3) is 0 Å². The quantitative estimate of drug-likeness (QED) is 0.851. The Labute approximate surface area is 119 Å². The second-order valence-corrected chi connectivity index (χ2v) is 5.81. The van der Waals surface area contributed by atoms with E-state index in [0.29, 0.717) is 27.3 Å². The number of thiazole rings is 1. The van der Waals surface area contributed by atoms with E-state index in [1.165, 1.54) is 24.2 Å². The van der Waals surface area contributed by atoms with Gasteiger partial charge in [0.05, 0.1) is 16.4 Å². The zero-order valence-corrected chi connectivity index (χ0v) is 11.6. The van der Waals surface area contributed by atoms with Crippen molar-refractivity contribution < 1.29 is 4.79 Å². The average Bonchev–Trinajstić information content (AvgIpc) is 3.14. The van der Waals surface area contributed by atoms with Crippen molar-refractivity contribution in [1.29, 1.82) is 0 Å². The molecule has 1 heterocycles. The molecule has 3 rings (SSSR count). The van der Waals surface area contributed by atoms with Gasteiger partial charge >= 0.3 is 0 Å². The largest absolute Gasteiger partial charge is 0.398 e. The van der Waals surface area contributed by atoms with Crippen LogP contribution in [0.15, 0.2) is 23.6 Å². The number of anilines is 2. The summed E-state index contributed by atoms with van der Waals surface area (Å²) in [6.07, 6.45) is 2.40. The Morgan fingerprint density at radius 1 is 1.47 bits per heavy atom. The molecule has 0 radical (unpaired) electrons. The van der Waals surface area contributed by atoms with Crippen LogP contribution in [0.5, 0.6) is 0 Å². The summed E-state index contributed by atoms with van der Waals surface area (Å²) in [4.78, 5) is 16.4. The molecule has 0 saturated heterocycles. The lowest BCUT2D eigenvalue weighted by atomic mass is 10.2. The Morgan fingerprint density at radius 2 is 2.26 bits per heavy atom. The Bertz CT molecular complexity index is 637. The first-order valence-corrected chi connectivity index (χ1v) is 7.21. The molecule has 4 nitrogen and oxygen atoms in total. The van der Waals surface area contributed by atoms with Gasteiger partial charge in [0.25, 0.3) is 5.91 Å². The van der Waals surface area contributed by atoms with Crippen LogP contribution in [0.1, 0.15) is 34.8 Å². The summed E-state index contributed by atoms with van der Waals surface area (Å²) in [7, 11) is 0. The molecule has 19 heavy (non-hydrogen) atoms. The minimum absolute atomic E-state index is 0.222. The second-order valence-electron chi connectivity index (χ2n) is 4.54. The van der Waals surface area contributed by atoms with Crippen molar-refractivity contribution in [3.63, 3.8) is 0 Å². The second kappa shape index (κ2) is 4.83. The maximum Gasteiger partial charge on any atom is 0.257 e. The smallest absolute Gasteiger partial charge is 0.257 e. The van der Waals surface area contributed by atoms with Crippen LogP contribution in [-0.4, -0.2) is 10.9 Å². The van der Waals surface area contributed by atoms with Gasteiger partial charge in [-0.3, -0.25) is 10.1 Å². The summed E-state index contributed by atoms with van der Waals surface area (Å²) in [5.41, 5.74) is 7.63. The summed E-state index contributed by atoms with van der Waals surface area (Å²) in [6.45, 7) is 0. The number of carbonyl (C=O) groups excluding carboxylic acids is 1. The third-order valence-electron chi connectivity index (χ3n) is 3.00. The fraction of sp³-hybridized carbons (Fsp3) is 0.231. The maximum absolute atomic E-state index is 12.0. The number of nitrogens with zero attached hydrogens (tertiary/aromatic N) is 1. The van der Waals surface area contributed by atoms with Crippen LogP contribution in [0.2, 0.25) is 5.02 Å². The normalized spacial score (nSPS) is 14.4. The van der Waals surface area contributed by atoms with Crippen LogP contribution >= 0.6 is 22.9 Å². The first-order valence-electron chi connectivity index (χ1n) is 5.95. The fourth-order valence-corrected chi connectivity index (χ4v) is 2.67. The fourth-order valence-electron chi connectivity index (χ4n) is 1.76. The zero-order chi connectivity index (χ0) is 13.4. The van der Waals surface area contributed by atoms with Crippen molar-refractivity contribution >= 4 is 39.7 Å². The third kappa shape index (κ3) is 2.72. The van der Waals surface area contributed by atoms with E-state index in [1.807, 2.05) is 5.38 Å². The number of nitrogens with one attached hydrogen (secondary N) is 1. The standard InChI is InChI=1S/C13H12ClN3OS/c14-9-4-3-8(5-10(9)15)12(18)17-13-16-11(6-19-13)7-1-2-7/h3-7H,1-2,15H2,(H,16,17,18). The summed E-state index contributed by atoms with van der Waals surface area (Å²) in [5, 5.41) is 5.85. The number of nitrogens with two attached hydrogens (primary N) is 1. The first kappa shape index (κ1) is 12.4. The predicted octanol–water partition coefficient (Wildman–Crippen LogP) is 3.51. The van der Waals surface area contributed by atoms with Crippen molar-refractivity contribution in [2.45, 2.75) is 18.8 Å². The van der Waals surface area contributed by atoms with Gasteiger partial charge in [0.15, 0.2) is 5.13 Å². The van der Waals surface area contributed by atoms with E-state index in [9.17, 15) is 4.79 Å². The number of carbonyl (C=O) groups is 1. The zero-order valence-electron chi connectivity index (χ0n) is 10.0. The molecule has 1 fully saturated rings. The van der Waals surface area contributed by atoms with E-state index in [2.05, 4.69) is 10.3 Å². The Hall–Kier alpha value is -1.59. The topological polar surface area (TPSA) is 68.0 Å². The molecule has 0 bridgehead atoms. The van der Waals surface area contributed by atoms with E-state index in [-0.39, 0.29) is 5.91 Å². The average molecular weight is 294 g/mol. The third-order valence-corrected chi connectivity index (χ3v) is 4.12. The number of benzene rings is 1. The highest BCUT2D eigenvalue weighted by atomic mass is 35.5. The summed E-state index contributed by atoms with van der Waals surface area (Å²) in [6, 6.07) is 4.82. The molecule has 1 saturated carbocycles. The monoisotopic (exact) mass is 293 g/mol. The molecule has 1 aliphatic carbocycles. The van der Waals surface area contributed by atoms with E-state index < -0.39 is 0 Å². The molecule has 0 spiro atoms. The van der Waals surface area contributed by atoms with Crippen molar-refractivity contribution in [3.05, 3.63) is 39.9 Å². The van der Waals surface area contributed by atoms with E-state index in [0.717, 1.165) is 5.69 Å². The molecule has 0 aliphatic heterocycles. The Morgan fingerprint density at radius 3 is 2.95 bits per heavy atom. The lowest BCUT2D eigenvalue weighted by molar-refractivity contribution is 0.102. The number of hydrogen-bond acceptors (Lipinski definition) is 4. The molecule has 0 unspecified atom stereocenters. The highest BCUT2D eigenvalue weighted by Crippen LogP contribution is 2.40. The van der Waals surface area contributed by atoms with Gasteiger partial charge in [0.1, 0.15) is 0 Å². The molecule has 2 aromatic rings. The lowest BCUT2D eigenvalue weighted by Gasteiger charge is -2.03. The van der Waals surface area contributed by atoms with Gasteiger partial charge in [-0.1, -0.05) is 11.6 Å². The number of rotatable bonds is 3. The molecule has 1 aromatic heterocycles. The molecule has 98 valence electrons. The number of amides is 1. The van der Waals surface area contributed by atoms with Gasteiger partial charge < -0.3 is 5.73 Å². The van der Waals surface area contributed by atoms with Gasteiger partial charge in [-0.2, -0.15) is 0 Å². The van der Waals surface area contributed by atoms with Gasteiger partial charge in [-0.05, 0) is 31.0 Å². The molecule has 1 aliphatic rings. The van der Waals surface area contributed by atoms with Crippen molar-refractivity contribution in [2.75, 3.05) is 11.1 Å². The lowest BCUT2D eigenvalue weighted by Crippen LogP contribution is -2.12. The van der Waals surface area contributed by atoms with Gasteiger partial charge in [-0.25, -0.2) is 4.98 Å². The number of hydrogen-bond donors (Lipinski definition) is 2. The molecule has 6 heteroatoms. The van der Waals surface area contributed by atoms with Gasteiger partial charge in [0, 0.05) is 16.9 Å². The van der Waals surface area contributed by atoms with E-state index in [1.54, 1.807) is 18.2 Å².